The van der Waals surface area contributed by atoms with Crippen LogP contribution in [0.15, 0.2) is 53.4 Å². The summed E-state index contributed by atoms with van der Waals surface area (Å²) in [7, 11) is 0. The van der Waals surface area contributed by atoms with Crippen molar-refractivity contribution in [3.63, 3.8) is 0 Å². The van der Waals surface area contributed by atoms with Crippen LogP contribution in [-0.4, -0.2) is 17.6 Å². The summed E-state index contributed by atoms with van der Waals surface area (Å²) in [4.78, 5) is 12.7. The molecule has 0 aliphatic heterocycles. The van der Waals surface area contributed by atoms with Gasteiger partial charge in [-0.1, -0.05) is 24.3 Å². The third-order valence-corrected chi connectivity index (χ3v) is 3.77. The molecule has 0 N–H and O–H groups in total. The van der Waals surface area contributed by atoms with Crippen LogP contribution in [0, 0.1) is 5.82 Å². The molecule has 0 unspecified atom stereocenters. The molecule has 0 bridgehead atoms. The lowest BCUT2D eigenvalue weighted by atomic mass is 10.1. The molecular weight excluding hydrogens is 287 g/mol. The highest BCUT2D eigenvalue weighted by atomic mass is 32.2. The van der Waals surface area contributed by atoms with Crippen molar-refractivity contribution in [2.24, 2.45) is 0 Å². The van der Waals surface area contributed by atoms with Gasteiger partial charge < -0.3 is 4.74 Å². The largest absolute Gasteiger partial charge is 0.491 e. The van der Waals surface area contributed by atoms with Gasteiger partial charge in [0.2, 0.25) is 0 Å². The molecule has 110 valence electrons. The SMILES string of the molecule is CC(C)Oc1cccc(C(=O)CSc2ccccc2F)c1. The van der Waals surface area contributed by atoms with Crippen molar-refractivity contribution in [3.8, 4) is 5.75 Å². The van der Waals surface area contributed by atoms with Gasteiger partial charge in [-0.3, -0.25) is 4.79 Å². The molecule has 0 spiro atoms. The van der Waals surface area contributed by atoms with Crippen molar-refractivity contribution in [2.45, 2.75) is 24.8 Å². The smallest absolute Gasteiger partial charge is 0.173 e. The van der Waals surface area contributed by atoms with E-state index >= 15 is 0 Å². The van der Waals surface area contributed by atoms with Crippen molar-refractivity contribution in [2.75, 3.05) is 5.75 Å². The second-order valence-corrected chi connectivity index (χ2v) is 5.85. The molecule has 0 aromatic heterocycles. The molecule has 0 aliphatic rings. The number of hydrogen-bond acceptors (Lipinski definition) is 3. The zero-order chi connectivity index (χ0) is 15.2. The number of thioether (sulfide) groups is 1. The van der Waals surface area contributed by atoms with Crippen LogP contribution in [0.3, 0.4) is 0 Å². The van der Waals surface area contributed by atoms with Crippen molar-refractivity contribution in [3.05, 3.63) is 59.9 Å². The number of rotatable bonds is 6. The quantitative estimate of drug-likeness (QED) is 0.577. The molecule has 21 heavy (non-hydrogen) atoms. The van der Waals surface area contributed by atoms with E-state index in [1.807, 2.05) is 19.9 Å². The first-order chi connectivity index (χ1) is 10.1. The van der Waals surface area contributed by atoms with Crippen LogP contribution in [0.4, 0.5) is 4.39 Å². The number of ether oxygens (including phenoxy) is 1. The standard InChI is InChI=1S/C17H17FO2S/c1-12(2)20-14-7-5-6-13(10-14)16(19)11-21-17-9-4-3-8-15(17)18/h3-10,12H,11H2,1-2H3. The Hall–Kier alpha value is -1.81. The lowest BCUT2D eigenvalue weighted by molar-refractivity contribution is 0.102. The van der Waals surface area contributed by atoms with E-state index in [2.05, 4.69) is 0 Å². The van der Waals surface area contributed by atoms with Crippen LogP contribution in [0.2, 0.25) is 0 Å². The van der Waals surface area contributed by atoms with Gasteiger partial charge in [-0.15, -0.1) is 11.8 Å². The number of hydrogen-bond donors (Lipinski definition) is 0. The average molecular weight is 304 g/mol. The van der Waals surface area contributed by atoms with Gasteiger partial charge in [-0.05, 0) is 38.1 Å². The molecule has 0 radical (unpaired) electrons. The first kappa shape index (κ1) is 15.6. The summed E-state index contributed by atoms with van der Waals surface area (Å²) < 4.78 is 19.1. The van der Waals surface area contributed by atoms with Gasteiger partial charge in [0, 0.05) is 10.5 Å². The monoisotopic (exact) mass is 304 g/mol. The third kappa shape index (κ3) is 4.60. The van der Waals surface area contributed by atoms with E-state index in [1.54, 1.807) is 36.4 Å². The maximum absolute atomic E-state index is 13.5. The zero-order valence-electron chi connectivity index (χ0n) is 12.0. The summed E-state index contributed by atoms with van der Waals surface area (Å²) in [6.45, 7) is 3.87. The summed E-state index contributed by atoms with van der Waals surface area (Å²) in [5.41, 5.74) is 0.581. The second-order valence-electron chi connectivity index (χ2n) is 4.84. The predicted molar refractivity (Wildman–Crippen MR) is 83.7 cm³/mol. The lowest BCUT2D eigenvalue weighted by Crippen LogP contribution is -2.07. The van der Waals surface area contributed by atoms with Gasteiger partial charge in [0.1, 0.15) is 11.6 Å². The van der Waals surface area contributed by atoms with Crippen molar-refractivity contribution in [1.82, 2.24) is 0 Å². The fourth-order valence-electron chi connectivity index (χ4n) is 1.80. The molecule has 0 heterocycles. The first-order valence-electron chi connectivity index (χ1n) is 6.73. The molecule has 0 fully saturated rings. The fraction of sp³-hybridized carbons (Fsp3) is 0.235. The molecule has 0 aliphatic carbocycles. The molecule has 0 amide bonds. The summed E-state index contributed by atoms with van der Waals surface area (Å²) in [6.07, 6.45) is 0.0585. The van der Waals surface area contributed by atoms with Crippen molar-refractivity contribution < 1.29 is 13.9 Å². The summed E-state index contributed by atoms with van der Waals surface area (Å²) in [6, 6.07) is 13.5. The maximum atomic E-state index is 13.5. The molecule has 2 nitrogen and oxygen atoms in total. The number of benzene rings is 2. The van der Waals surface area contributed by atoms with E-state index in [0.29, 0.717) is 16.2 Å². The van der Waals surface area contributed by atoms with E-state index in [4.69, 9.17) is 4.74 Å². The third-order valence-electron chi connectivity index (χ3n) is 2.72. The van der Waals surface area contributed by atoms with Gasteiger partial charge in [-0.25, -0.2) is 4.39 Å². The highest BCUT2D eigenvalue weighted by Gasteiger charge is 2.10. The minimum absolute atomic E-state index is 0.0440. The van der Waals surface area contributed by atoms with Crippen LogP contribution in [-0.2, 0) is 0 Å². The molecule has 4 heteroatoms. The Bertz CT molecular complexity index is 626. The van der Waals surface area contributed by atoms with Gasteiger partial charge in [0.25, 0.3) is 0 Å². The molecule has 2 rings (SSSR count). The Labute approximate surface area is 128 Å². The van der Waals surface area contributed by atoms with E-state index in [-0.39, 0.29) is 23.5 Å². The highest BCUT2D eigenvalue weighted by Crippen LogP contribution is 2.23. The second kappa shape index (κ2) is 7.27. The molecular formula is C17H17FO2S. The Morgan fingerprint density at radius 3 is 2.67 bits per heavy atom. The van der Waals surface area contributed by atoms with Gasteiger partial charge in [0.05, 0.1) is 11.9 Å². The molecule has 0 saturated carbocycles. The molecule has 2 aromatic rings. The maximum Gasteiger partial charge on any atom is 0.173 e. The zero-order valence-corrected chi connectivity index (χ0v) is 12.8. The van der Waals surface area contributed by atoms with Gasteiger partial charge >= 0.3 is 0 Å². The van der Waals surface area contributed by atoms with Crippen LogP contribution in [0.5, 0.6) is 5.75 Å². The van der Waals surface area contributed by atoms with Gasteiger partial charge in [-0.2, -0.15) is 0 Å². The minimum Gasteiger partial charge on any atom is -0.491 e. The topological polar surface area (TPSA) is 26.3 Å². The number of ketones is 1. The summed E-state index contributed by atoms with van der Waals surface area (Å²) >= 11 is 1.20. The fourth-order valence-corrected chi connectivity index (χ4v) is 2.64. The number of carbonyl (C=O) groups excluding carboxylic acids is 1. The minimum atomic E-state index is -0.299. The average Bonchev–Trinajstić information content (AvgIpc) is 2.45. The van der Waals surface area contributed by atoms with Crippen LogP contribution in [0.25, 0.3) is 0 Å². The van der Waals surface area contributed by atoms with Crippen LogP contribution in [0.1, 0.15) is 24.2 Å². The van der Waals surface area contributed by atoms with E-state index in [0.717, 1.165) is 0 Å². The Morgan fingerprint density at radius 2 is 1.95 bits per heavy atom. The summed E-state index contributed by atoms with van der Waals surface area (Å²) in [5, 5.41) is 0. The van der Waals surface area contributed by atoms with Crippen LogP contribution >= 0.6 is 11.8 Å². The van der Waals surface area contributed by atoms with E-state index in [1.165, 1.54) is 17.8 Å². The number of Topliss-reactive ketones (excluding diaryl/α,β-unsaturated/α-hetero) is 1. The highest BCUT2D eigenvalue weighted by molar-refractivity contribution is 8.00. The Balaban J connectivity index is 2.02. The van der Waals surface area contributed by atoms with Crippen LogP contribution < -0.4 is 4.74 Å². The number of halogens is 1. The lowest BCUT2D eigenvalue weighted by Gasteiger charge is -2.10. The van der Waals surface area contributed by atoms with Crippen molar-refractivity contribution in [1.29, 1.82) is 0 Å². The molecule has 0 atom stereocenters. The van der Waals surface area contributed by atoms with E-state index in [9.17, 15) is 9.18 Å². The van der Waals surface area contributed by atoms with Crippen molar-refractivity contribution >= 4 is 17.5 Å². The number of carbonyl (C=O) groups is 1. The first-order valence-corrected chi connectivity index (χ1v) is 7.72. The summed E-state index contributed by atoms with van der Waals surface area (Å²) in [5.74, 6) is 0.530. The Morgan fingerprint density at radius 1 is 1.19 bits per heavy atom. The van der Waals surface area contributed by atoms with Gasteiger partial charge in [0.15, 0.2) is 5.78 Å². The predicted octanol–water partition coefficient (Wildman–Crippen LogP) is 4.59. The Kier molecular flexibility index (Phi) is 5.39. The molecule has 2 aromatic carbocycles. The molecule has 0 saturated heterocycles. The van der Waals surface area contributed by atoms with E-state index < -0.39 is 0 Å². The normalized spacial score (nSPS) is 10.7.